The van der Waals surface area contributed by atoms with E-state index < -0.39 is 0 Å². The van der Waals surface area contributed by atoms with Crippen LogP contribution in [-0.4, -0.2) is 5.37 Å². The first kappa shape index (κ1) is 5.24. The highest BCUT2D eigenvalue weighted by Gasteiger charge is 1.85. The Kier molecular flexibility index (Phi) is 2.59. The molecule has 0 heterocycles. The molecule has 1 atom stereocenters. The van der Waals surface area contributed by atoms with Gasteiger partial charge >= 0.3 is 0 Å². The number of halogens is 1. The summed E-state index contributed by atoms with van der Waals surface area (Å²) in [6.07, 6.45) is 0. The van der Waals surface area contributed by atoms with Crippen LogP contribution in [-0.2, 0) is 0 Å². The van der Waals surface area contributed by atoms with Crippen LogP contribution < -0.4 is 5.73 Å². The van der Waals surface area contributed by atoms with E-state index >= 15 is 0 Å². The van der Waals surface area contributed by atoms with E-state index in [0.29, 0.717) is 0 Å². The molecule has 0 aliphatic carbocycles. The van der Waals surface area contributed by atoms with Gasteiger partial charge in [-0.05, 0) is 6.92 Å². The van der Waals surface area contributed by atoms with Crippen LogP contribution in [0.3, 0.4) is 0 Å². The Balaban J connectivity index is 2.54. The van der Waals surface area contributed by atoms with Crippen LogP contribution in [0.4, 0.5) is 3.89 Å². The fourth-order valence-electron chi connectivity index (χ4n) is 0. The average molecular weight is 95.1 g/mol. The fraction of sp³-hybridized carbons (Fsp3) is 1.00. The highest BCUT2D eigenvalue weighted by Crippen LogP contribution is 2.02. The van der Waals surface area contributed by atoms with Gasteiger partial charge in [-0.15, -0.1) is 0 Å². The highest BCUT2D eigenvalue weighted by molar-refractivity contribution is 7.94. The van der Waals surface area contributed by atoms with Gasteiger partial charge in [0.15, 0.2) is 0 Å². The first-order valence-electron chi connectivity index (χ1n) is 1.30. The van der Waals surface area contributed by atoms with Crippen LogP contribution in [0.15, 0.2) is 0 Å². The summed E-state index contributed by atoms with van der Waals surface area (Å²) < 4.78 is 10.9. The molecule has 0 bridgehead atoms. The van der Waals surface area contributed by atoms with Crippen LogP contribution in [0, 0.1) is 0 Å². The van der Waals surface area contributed by atoms with Gasteiger partial charge in [0, 0.05) is 0 Å². The summed E-state index contributed by atoms with van der Waals surface area (Å²) in [5.74, 6) is 0. The SMILES string of the molecule is CC(N)SF. The first-order valence-corrected chi connectivity index (χ1v) is 2.08. The van der Waals surface area contributed by atoms with Gasteiger partial charge in [0.1, 0.15) is 0 Å². The molecule has 5 heavy (non-hydrogen) atoms. The maximum atomic E-state index is 10.9. The molecule has 1 nitrogen and oxygen atoms in total. The molecule has 3 heteroatoms. The van der Waals surface area contributed by atoms with Crippen molar-refractivity contribution in [3.05, 3.63) is 0 Å². The van der Waals surface area contributed by atoms with E-state index in [0.717, 1.165) is 0 Å². The fourth-order valence-corrected chi connectivity index (χ4v) is 0. The second-order valence-corrected chi connectivity index (χ2v) is 1.72. The summed E-state index contributed by atoms with van der Waals surface area (Å²) in [4.78, 5) is 0. The molecule has 0 aliphatic rings. The van der Waals surface area contributed by atoms with E-state index in [9.17, 15) is 3.89 Å². The first-order chi connectivity index (χ1) is 2.27. The summed E-state index contributed by atoms with van der Waals surface area (Å²) in [5.41, 5.74) is 4.88. The summed E-state index contributed by atoms with van der Waals surface area (Å²) in [7, 11) is 0. The van der Waals surface area contributed by atoms with Gasteiger partial charge in [-0.25, -0.2) is 0 Å². The van der Waals surface area contributed by atoms with Crippen molar-refractivity contribution in [1.82, 2.24) is 0 Å². The molecule has 0 aromatic carbocycles. The van der Waals surface area contributed by atoms with E-state index in [4.69, 9.17) is 5.73 Å². The minimum atomic E-state index is -0.366. The van der Waals surface area contributed by atoms with Crippen molar-refractivity contribution in [1.29, 1.82) is 0 Å². The predicted octanol–water partition coefficient (Wildman–Crippen LogP) is 0.909. The molecule has 32 valence electrons. The molecular weight excluding hydrogens is 89.1 g/mol. The van der Waals surface area contributed by atoms with Gasteiger partial charge in [-0.3, -0.25) is 0 Å². The Hall–Kier alpha value is 0.240. The maximum absolute atomic E-state index is 10.9. The number of hydrogen-bond donors (Lipinski definition) is 1. The third kappa shape index (κ3) is 4.24. The third-order valence-electron chi connectivity index (χ3n) is 0.141. The molecule has 0 aromatic rings. The molecule has 0 fully saturated rings. The van der Waals surface area contributed by atoms with Gasteiger partial charge < -0.3 is 5.73 Å². The zero-order valence-electron chi connectivity index (χ0n) is 2.94. The topological polar surface area (TPSA) is 26.0 Å². The van der Waals surface area contributed by atoms with Gasteiger partial charge in [-0.2, -0.15) is 3.89 Å². The third-order valence-corrected chi connectivity index (χ3v) is 0.422. The Morgan fingerprint density at radius 2 is 2.20 bits per heavy atom. The minimum absolute atomic E-state index is 0.157. The monoisotopic (exact) mass is 95.0 g/mol. The van der Waals surface area contributed by atoms with Gasteiger partial charge in [0.2, 0.25) is 0 Å². The van der Waals surface area contributed by atoms with Crippen molar-refractivity contribution in [2.45, 2.75) is 12.3 Å². The lowest BCUT2D eigenvalue weighted by Gasteiger charge is -1.86. The van der Waals surface area contributed by atoms with Crippen molar-refractivity contribution in [2.24, 2.45) is 5.73 Å². The summed E-state index contributed by atoms with van der Waals surface area (Å²) >= 11 is 0.157. The number of hydrogen-bond acceptors (Lipinski definition) is 2. The number of rotatable bonds is 1. The second kappa shape index (κ2) is 2.48. The number of nitrogens with two attached hydrogens (primary N) is 1. The van der Waals surface area contributed by atoms with E-state index in [1.54, 1.807) is 6.92 Å². The van der Waals surface area contributed by atoms with Gasteiger partial charge in [-0.1, -0.05) is 0 Å². The normalized spacial score (nSPS) is 15.0. The molecule has 0 radical (unpaired) electrons. The largest absolute Gasteiger partial charge is 0.317 e. The highest BCUT2D eigenvalue weighted by atomic mass is 32.2. The molecule has 0 saturated heterocycles. The molecule has 0 amide bonds. The van der Waals surface area contributed by atoms with Crippen LogP contribution in [0.2, 0.25) is 0 Å². The summed E-state index contributed by atoms with van der Waals surface area (Å²) in [5, 5.41) is -0.366. The molecule has 1 unspecified atom stereocenters. The second-order valence-electron chi connectivity index (χ2n) is 0.794. The standard InChI is InChI=1S/C2H6FNS/c1-2(4)5-3/h2H,4H2,1H3. The lowest BCUT2D eigenvalue weighted by Crippen LogP contribution is -2.06. The summed E-state index contributed by atoms with van der Waals surface area (Å²) in [6.45, 7) is 1.59. The molecule has 0 aliphatic heterocycles. The van der Waals surface area contributed by atoms with Crippen LogP contribution in [0.5, 0.6) is 0 Å². The van der Waals surface area contributed by atoms with Crippen molar-refractivity contribution in [2.75, 3.05) is 0 Å². The Morgan fingerprint density at radius 3 is 2.20 bits per heavy atom. The van der Waals surface area contributed by atoms with Crippen molar-refractivity contribution in [3.63, 3.8) is 0 Å². The predicted molar refractivity (Wildman–Crippen MR) is 22.3 cm³/mol. The zero-order valence-corrected chi connectivity index (χ0v) is 3.76. The Labute approximate surface area is 35.0 Å². The smallest absolute Gasteiger partial charge is 0.0798 e. The molecular formula is C2H6FNS. The molecule has 0 saturated carbocycles. The Morgan fingerprint density at radius 1 is 2.00 bits per heavy atom. The van der Waals surface area contributed by atoms with Crippen molar-refractivity contribution >= 4 is 12.1 Å². The minimum Gasteiger partial charge on any atom is -0.317 e. The van der Waals surface area contributed by atoms with Crippen molar-refractivity contribution in [3.8, 4) is 0 Å². The van der Waals surface area contributed by atoms with Gasteiger partial charge in [0.05, 0.1) is 17.5 Å². The van der Waals surface area contributed by atoms with E-state index in [1.807, 2.05) is 0 Å². The lowest BCUT2D eigenvalue weighted by atomic mass is 10.8. The quantitative estimate of drug-likeness (QED) is 0.490. The van der Waals surface area contributed by atoms with Gasteiger partial charge in [0.25, 0.3) is 0 Å². The Bertz CT molecular complexity index is 23.6. The summed E-state index contributed by atoms with van der Waals surface area (Å²) in [6, 6.07) is 0. The van der Waals surface area contributed by atoms with Crippen LogP contribution in [0.1, 0.15) is 6.92 Å². The van der Waals surface area contributed by atoms with Crippen LogP contribution >= 0.6 is 12.1 Å². The van der Waals surface area contributed by atoms with E-state index in [1.165, 1.54) is 0 Å². The maximum Gasteiger partial charge on any atom is 0.0798 e. The van der Waals surface area contributed by atoms with Crippen LogP contribution in [0.25, 0.3) is 0 Å². The average Bonchev–Trinajstić information content (AvgIpc) is 1.38. The lowest BCUT2D eigenvalue weighted by molar-refractivity contribution is 0.893. The molecule has 0 aromatic heterocycles. The molecule has 0 spiro atoms. The zero-order chi connectivity index (χ0) is 4.28. The molecule has 2 N–H and O–H groups in total. The van der Waals surface area contributed by atoms with E-state index in [2.05, 4.69) is 0 Å². The van der Waals surface area contributed by atoms with Crippen molar-refractivity contribution < 1.29 is 3.89 Å². The molecule has 0 rings (SSSR count). The van der Waals surface area contributed by atoms with E-state index in [-0.39, 0.29) is 17.5 Å².